The van der Waals surface area contributed by atoms with E-state index in [0.29, 0.717) is 30.9 Å². The molecule has 0 aliphatic carbocycles. The first-order chi connectivity index (χ1) is 24.5. The third kappa shape index (κ3) is 9.09. The maximum atomic E-state index is 13.2. The standard InChI is InChI=1S/C37H51N3O12/c1-20-13-25(14-21(2)30(20)44)34(46)38-18-27(43)31(45)33-29(39-22(3)41)26(42)16-37(52-33,35(47)48)17-28-32(51-36(4,5)50-28)24-8-6-7-23(15-24)19-40-9-11-49-12-10-40/h6-8,13-15,26-29,31-33,42-45H,9-12,16-19H2,1-5H3,(H,38,46)(H,39,41)(H,47,48)/t26-,27+,28?,29+,31+,32-,33+,37-/m0/s1. The summed E-state index contributed by atoms with van der Waals surface area (Å²) in [5, 5.41) is 59.7. The minimum absolute atomic E-state index is 0.0488. The number of carbonyl (C=O) groups is 3. The average Bonchev–Trinajstić information content (AvgIpc) is 3.39. The molecule has 0 saturated carbocycles. The van der Waals surface area contributed by atoms with Crippen molar-refractivity contribution >= 4 is 17.8 Å². The minimum atomic E-state index is -2.15. The number of hydrogen-bond acceptors (Lipinski definition) is 12. The van der Waals surface area contributed by atoms with Crippen molar-refractivity contribution in [2.75, 3.05) is 32.8 Å². The number of benzene rings is 2. The summed E-state index contributed by atoms with van der Waals surface area (Å²) in [5.41, 5.74) is 0.797. The maximum absolute atomic E-state index is 13.2. The number of nitrogens with zero attached hydrogens (tertiary/aromatic N) is 1. The zero-order chi connectivity index (χ0) is 38.0. The van der Waals surface area contributed by atoms with Gasteiger partial charge in [0.1, 0.15) is 24.1 Å². The predicted octanol–water partition coefficient (Wildman–Crippen LogP) is 1.05. The number of carboxylic acids is 1. The number of aliphatic hydroxyl groups excluding tert-OH is 3. The Kier molecular flexibility index (Phi) is 12.3. The van der Waals surface area contributed by atoms with E-state index >= 15 is 0 Å². The quantitative estimate of drug-likeness (QED) is 0.163. The van der Waals surface area contributed by atoms with Crippen molar-refractivity contribution in [3.8, 4) is 5.75 Å². The number of carbonyl (C=O) groups excluding carboxylic acids is 2. The van der Waals surface area contributed by atoms with E-state index < -0.39 is 84.8 Å². The van der Waals surface area contributed by atoms with Crippen LogP contribution in [0.3, 0.4) is 0 Å². The summed E-state index contributed by atoms with van der Waals surface area (Å²) in [6.45, 7) is 11.0. The van der Waals surface area contributed by atoms with Gasteiger partial charge in [-0.3, -0.25) is 14.5 Å². The zero-order valence-electron chi connectivity index (χ0n) is 30.2. The number of morpholine rings is 1. The first-order valence-electron chi connectivity index (χ1n) is 17.5. The molecule has 286 valence electrons. The Labute approximate surface area is 302 Å². The Bertz CT molecular complexity index is 1590. The molecule has 0 spiro atoms. The number of phenolic OH excluding ortho intramolecular Hbond substituents is 1. The van der Waals surface area contributed by atoms with Gasteiger partial charge in [-0.1, -0.05) is 24.3 Å². The van der Waals surface area contributed by atoms with Gasteiger partial charge in [0.05, 0.1) is 37.6 Å². The van der Waals surface area contributed by atoms with E-state index in [1.807, 2.05) is 24.3 Å². The molecular formula is C37H51N3O12. The van der Waals surface area contributed by atoms with Gasteiger partial charge in [-0.25, -0.2) is 4.79 Å². The molecule has 5 rings (SSSR count). The van der Waals surface area contributed by atoms with E-state index in [4.69, 9.17) is 18.9 Å². The number of nitrogens with one attached hydrogen (secondary N) is 2. The van der Waals surface area contributed by atoms with E-state index in [1.165, 1.54) is 19.1 Å². The van der Waals surface area contributed by atoms with E-state index in [9.17, 15) is 39.9 Å². The Balaban J connectivity index is 1.37. The minimum Gasteiger partial charge on any atom is -0.507 e. The van der Waals surface area contributed by atoms with Crippen LogP contribution in [0.4, 0.5) is 0 Å². The predicted molar refractivity (Wildman–Crippen MR) is 185 cm³/mol. The number of aromatic hydroxyl groups is 1. The van der Waals surface area contributed by atoms with Crippen molar-refractivity contribution in [2.24, 2.45) is 0 Å². The van der Waals surface area contributed by atoms with Gasteiger partial charge in [0.2, 0.25) is 5.91 Å². The summed E-state index contributed by atoms with van der Waals surface area (Å²) < 4.78 is 24.2. The third-order valence-corrected chi connectivity index (χ3v) is 9.89. The second kappa shape index (κ2) is 16.1. The molecule has 52 heavy (non-hydrogen) atoms. The van der Waals surface area contributed by atoms with Gasteiger partial charge < -0.3 is 55.1 Å². The summed E-state index contributed by atoms with van der Waals surface area (Å²) >= 11 is 0. The molecule has 0 aromatic heterocycles. The van der Waals surface area contributed by atoms with E-state index in [1.54, 1.807) is 27.7 Å². The van der Waals surface area contributed by atoms with Crippen LogP contribution in [-0.2, 0) is 35.1 Å². The first kappa shape index (κ1) is 39.5. The molecule has 2 aromatic carbocycles. The lowest BCUT2D eigenvalue weighted by Crippen LogP contribution is -2.68. The summed E-state index contributed by atoms with van der Waals surface area (Å²) in [6, 6.07) is 9.41. The SMILES string of the molecule is CC(=O)N[C@H]1[C@H]([C@H](O)[C@H](O)CNC(=O)c2cc(C)c(O)c(C)c2)O[C@@](CC2OC(C)(C)O[C@H]2c2cccc(CN3CCOCC3)c2)(C(=O)O)C[C@@H]1O. The van der Waals surface area contributed by atoms with Gasteiger partial charge in [0, 0.05) is 51.5 Å². The number of amides is 2. The van der Waals surface area contributed by atoms with Gasteiger partial charge >= 0.3 is 5.97 Å². The average molecular weight is 730 g/mol. The topological polar surface area (TPSA) is 217 Å². The number of ether oxygens (including phenoxy) is 4. The molecule has 15 nitrogen and oxygen atoms in total. The van der Waals surface area contributed by atoms with Crippen molar-refractivity contribution < 1.29 is 58.9 Å². The molecule has 3 aliphatic heterocycles. The zero-order valence-corrected chi connectivity index (χ0v) is 30.2. The third-order valence-electron chi connectivity index (χ3n) is 9.89. The fraction of sp³-hybridized carbons (Fsp3) is 0.595. The summed E-state index contributed by atoms with van der Waals surface area (Å²) in [5.74, 6) is -3.68. The molecule has 3 aliphatic rings. The van der Waals surface area contributed by atoms with Crippen molar-refractivity contribution in [1.29, 1.82) is 0 Å². The normalized spacial score (nSPS) is 28.9. The van der Waals surface area contributed by atoms with E-state index in [0.717, 1.165) is 24.2 Å². The maximum Gasteiger partial charge on any atom is 0.336 e. The highest BCUT2D eigenvalue weighted by atomic mass is 16.8. The fourth-order valence-electron chi connectivity index (χ4n) is 7.32. The van der Waals surface area contributed by atoms with Gasteiger partial charge in [0.15, 0.2) is 11.4 Å². The van der Waals surface area contributed by atoms with Crippen molar-refractivity contribution in [3.05, 3.63) is 64.2 Å². The van der Waals surface area contributed by atoms with Gasteiger partial charge in [0.25, 0.3) is 5.91 Å². The molecule has 3 saturated heterocycles. The Morgan fingerprint density at radius 2 is 1.69 bits per heavy atom. The van der Waals surface area contributed by atoms with E-state index in [-0.39, 0.29) is 17.7 Å². The van der Waals surface area contributed by atoms with Crippen molar-refractivity contribution in [3.63, 3.8) is 0 Å². The number of rotatable bonds is 12. The van der Waals surface area contributed by atoms with Crippen LogP contribution in [-0.4, -0.2) is 129 Å². The monoisotopic (exact) mass is 729 g/mol. The summed E-state index contributed by atoms with van der Waals surface area (Å²) in [4.78, 5) is 40.5. The van der Waals surface area contributed by atoms with Crippen LogP contribution in [0.2, 0.25) is 0 Å². The molecule has 3 fully saturated rings. The van der Waals surface area contributed by atoms with Crippen LogP contribution in [0, 0.1) is 13.8 Å². The number of aliphatic carboxylic acids is 1. The molecule has 7 N–H and O–H groups in total. The number of aliphatic hydroxyl groups is 3. The number of aryl methyl sites for hydroxylation is 2. The molecule has 0 bridgehead atoms. The highest BCUT2D eigenvalue weighted by Crippen LogP contribution is 2.45. The highest BCUT2D eigenvalue weighted by Gasteiger charge is 2.57. The fourth-order valence-corrected chi connectivity index (χ4v) is 7.32. The lowest BCUT2D eigenvalue weighted by atomic mass is 9.79. The lowest BCUT2D eigenvalue weighted by molar-refractivity contribution is -0.236. The highest BCUT2D eigenvalue weighted by molar-refractivity contribution is 5.94. The van der Waals surface area contributed by atoms with E-state index in [2.05, 4.69) is 15.5 Å². The molecule has 1 unspecified atom stereocenters. The summed E-state index contributed by atoms with van der Waals surface area (Å²) in [7, 11) is 0. The molecule has 0 radical (unpaired) electrons. The smallest absolute Gasteiger partial charge is 0.336 e. The Morgan fingerprint density at radius 1 is 1.02 bits per heavy atom. The molecule has 3 heterocycles. The van der Waals surface area contributed by atoms with Gasteiger partial charge in [-0.05, 0) is 62.1 Å². The Morgan fingerprint density at radius 3 is 2.33 bits per heavy atom. The van der Waals surface area contributed by atoms with Crippen LogP contribution < -0.4 is 10.6 Å². The van der Waals surface area contributed by atoms with Crippen LogP contribution in [0.25, 0.3) is 0 Å². The second-order valence-corrected chi connectivity index (χ2v) is 14.5. The molecule has 2 amide bonds. The number of phenols is 1. The Hall–Kier alpha value is -3.67. The summed E-state index contributed by atoms with van der Waals surface area (Å²) in [6.07, 6.45) is -9.14. The van der Waals surface area contributed by atoms with Crippen LogP contribution in [0.5, 0.6) is 5.75 Å². The molecule has 2 aromatic rings. The molecule has 15 heteroatoms. The van der Waals surface area contributed by atoms with Crippen LogP contribution in [0.1, 0.15) is 72.3 Å². The lowest BCUT2D eigenvalue weighted by Gasteiger charge is -2.48. The van der Waals surface area contributed by atoms with Crippen LogP contribution in [0.15, 0.2) is 36.4 Å². The number of carboxylic acid groups (broad SMARTS) is 1. The molecule has 8 atom stereocenters. The molecular weight excluding hydrogens is 678 g/mol. The largest absolute Gasteiger partial charge is 0.507 e. The second-order valence-electron chi connectivity index (χ2n) is 14.5. The van der Waals surface area contributed by atoms with Gasteiger partial charge in [-0.2, -0.15) is 0 Å². The van der Waals surface area contributed by atoms with Crippen molar-refractivity contribution in [1.82, 2.24) is 15.5 Å². The first-order valence-corrected chi connectivity index (χ1v) is 17.5. The number of hydrogen-bond donors (Lipinski definition) is 7. The van der Waals surface area contributed by atoms with Gasteiger partial charge in [-0.15, -0.1) is 0 Å². The van der Waals surface area contributed by atoms with Crippen molar-refractivity contribution in [2.45, 2.75) is 108 Å². The van der Waals surface area contributed by atoms with Crippen LogP contribution >= 0.6 is 0 Å².